The van der Waals surface area contributed by atoms with Gasteiger partial charge in [0.15, 0.2) is 6.61 Å². The lowest BCUT2D eigenvalue weighted by Crippen LogP contribution is -2.20. The van der Waals surface area contributed by atoms with Crippen molar-refractivity contribution in [3.63, 3.8) is 0 Å². The van der Waals surface area contributed by atoms with Crippen molar-refractivity contribution in [2.45, 2.75) is 0 Å². The van der Waals surface area contributed by atoms with E-state index in [1.54, 1.807) is 30.3 Å². The average Bonchev–Trinajstić information content (AvgIpc) is 2.41. The zero-order valence-electron chi connectivity index (χ0n) is 10.2. The Morgan fingerprint density at radius 2 is 1.85 bits per heavy atom. The molecule has 0 aromatic heterocycles. The van der Waals surface area contributed by atoms with Gasteiger partial charge in [0.25, 0.3) is 5.91 Å². The third kappa shape index (κ3) is 4.40. The highest BCUT2D eigenvalue weighted by molar-refractivity contribution is 9.10. The Hall–Kier alpha value is -1.23. The van der Waals surface area contributed by atoms with Crippen LogP contribution in [0.2, 0.25) is 10.0 Å². The predicted octanol–water partition coefficient (Wildman–Crippen LogP) is 4.77. The summed E-state index contributed by atoms with van der Waals surface area (Å²) in [6.45, 7) is -0.0966. The smallest absolute Gasteiger partial charge is 0.262 e. The second-order valence-corrected chi connectivity index (χ2v) is 5.67. The molecule has 0 aliphatic rings. The molecule has 6 heteroatoms. The third-order valence-electron chi connectivity index (χ3n) is 2.39. The van der Waals surface area contributed by atoms with Gasteiger partial charge < -0.3 is 10.1 Å². The first kappa shape index (κ1) is 15.2. The predicted molar refractivity (Wildman–Crippen MR) is 84.7 cm³/mol. The topological polar surface area (TPSA) is 38.3 Å². The Labute approximate surface area is 135 Å². The molecule has 0 saturated carbocycles. The van der Waals surface area contributed by atoms with Gasteiger partial charge in [-0.25, -0.2) is 0 Å². The molecule has 0 radical (unpaired) electrons. The summed E-state index contributed by atoms with van der Waals surface area (Å²) in [5, 5.41) is 3.55. The molecule has 0 heterocycles. The van der Waals surface area contributed by atoms with E-state index in [1.807, 2.05) is 12.1 Å². The van der Waals surface area contributed by atoms with Crippen molar-refractivity contribution in [2.75, 3.05) is 11.9 Å². The summed E-state index contributed by atoms with van der Waals surface area (Å²) >= 11 is 15.1. The fraction of sp³-hybridized carbons (Fsp3) is 0.0714. The molecule has 1 N–H and O–H groups in total. The summed E-state index contributed by atoms with van der Waals surface area (Å²) < 4.78 is 6.30. The zero-order chi connectivity index (χ0) is 14.5. The molecule has 2 rings (SSSR count). The molecule has 0 bridgehead atoms. The number of ether oxygens (including phenoxy) is 1. The van der Waals surface area contributed by atoms with E-state index in [-0.39, 0.29) is 12.5 Å². The quantitative estimate of drug-likeness (QED) is 0.836. The lowest BCUT2D eigenvalue weighted by molar-refractivity contribution is -0.118. The maximum Gasteiger partial charge on any atom is 0.262 e. The fourth-order valence-electron chi connectivity index (χ4n) is 1.46. The standard InChI is InChI=1S/C14H10BrCl2NO2/c15-9-1-4-11(5-2-9)20-8-14(19)18-13-6-3-10(16)7-12(13)17/h1-7H,8H2,(H,18,19). The fourth-order valence-corrected chi connectivity index (χ4v) is 2.18. The van der Waals surface area contributed by atoms with Gasteiger partial charge in [-0.2, -0.15) is 0 Å². The number of rotatable bonds is 4. The molecule has 0 unspecified atom stereocenters. The Bertz CT molecular complexity index is 617. The maximum atomic E-state index is 11.8. The zero-order valence-corrected chi connectivity index (χ0v) is 13.3. The van der Waals surface area contributed by atoms with E-state index in [9.17, 15) is 4.79 Å². The molecule has 2 aromatic carbocycles. The molecule has 1 amide bonds. The SMILES string of the molecule is O=C(COc1ccc(Br)cc1)Nc1ccc(Cl)cc1Cl. The van der Waals surface area contributed by atoms with Crippen LogP contribution in [0, 0.1) is 0 Å². The number of halogens is 3. The van der Waals surface area contributed by atoms with E-state index < -0.39 is 0 Å². The molecular formula is C14H10BrCl2NO2. The first-order chi connectivity index (χ1) is 9.54. The van der Waals surface area contributed by atoms with Gasteiger partial charge in [0, 0.05) is 9.50 Å². The highest BCUT2D eigenvalue weighted by Gasteiger charge is 2.07. The van der Waals surface area contributed by atoms with Crippen LogP contribution in [0.15, 0.2) is 46.9 Å². The van der Waals surface area contributed by atoms with Crippen LogP contribution in [-0.4, -0.2) is 12.5 Å². The Morgan fingerprint density at radius 1 is 1.15 bits per heavy atom. The van der Waals surface area contributed by atoms with Crippen molar-refractivity contribution >= 4 is 50.7 Å². The molecule has 104 valence electrons. The summed E-state index contributed by atoms with van der Waals surface area (Å²) in [6, 6.07) is 12.1. The summed E-state index contributed by atoms with van der Waals surface area (Å²) in [5.41, 5.74) is 0.500. The summed E-state index contributed by atoms with van der Waals surface area (Å²) in [4.78, 5) is 11.8. The molecule has 3 nitrogen and oxygen atoms in total. The number of benzene rings is 2. The van der Waals surface area contributed by atoms with Crippen LogP contribution in [0.25, 0.3) is 0 Å². The first-order valence-electron chi connectivity index (χ1n) is 5.68. The van der Waals surface area contributed by atoms with Crippen LogP contribution >= 0.6 is 39.1 Å². The second-order valence-electron chi connectivity index (χ2n) is 3.91. The van der Waals surface area contributed by atoms with E-state index in [0.717, 1.165) is 4.47 Å². The average molecular weight is 375 g/mol. The highest BCUT2D eigenvalue weighted by atomic mass is 79.9. The Balaban J connectivity index is 1.90. The minimum atomic E-state index is -0.294. The van der Waals surface area contributed by atoms with Gasteiger partial charge >= 0.3 is 0 Å². The van der Waals surface area contributed by atoms with E-state index in [2.05, 4.69) is 21.2 Å². The van der Waals surface area contributed by atoms with Gasteiger partial charge in [-0.3, -0.25) is 4.79 Å². The van der Waals surface area contributed by atoms with Gasteiger partial charge in [0.05, 0.1) is 10.7 Å². The van der Waals surface area contributed by atoms with Crippen LogP contribution in [0.1, 0.15) is 0 Å². The Morgan fingerprint density at radius 3 is 2.50 bits per heavy atom. The molecule has 2 aromatic rings. The number of amides is 1. The highest BCUT2D eigenvalue weighted by Crippen LogP contribution is 2.25. The number of hydrogen-bond donors (Lipinski definition) is 1. The molecule has 0 atom stereocenters. The largest absolute Gasteiger partial charge is 0.484 e. The lowest BCUT2D eigenvalue weighted by atomic mass is 10.3. The molecule has 0 aliphatic carbocycles. The summed E-state index contributed by atoms with van der Waals surface area (Å²) in [6.07, 6.45) is 0. The number of anilines is 1. The normalized spacial score (nSPS) is 10.2. The second kappa shape index (κ2) is 6.97. The monoisotopic (exact) mass is 373 g/mol. The molecule has 0 fully saturated rings. The van der Waals surface area contributed by atoms with Gasteiger partial charge in [-0.05, 0) is 42.5 Å². The van der Waals surface area contributed by atoms with Crippen molar-refractivity contribution in [2.24, 2.45) is 0 Å². The van der Waals surface area contributed by atoms with E-state index in [0.29, 0.717) is 21.5 Å². The van der Waals surface area contributed by atoms with Crippen molar-refractivity contribution in [3.05, 3.63) is 57.0 Å². The molecule has 20 heavy (non-hydrogen) atoms. The number of carbonyl (C=O) groups excluding carboxylic acids is 1. The minimum absolute atomic E-state index is 0.0966. The van der Waals surface area contributed by atoms with Crippen molar-refractivity contribution in [3.8, 4) is 5.75 Å². The number of nitrogens with one attached hydrogen (secondary N) is 1. The van der Waals surface area contributed by atoms with Gasteiger partial charge in [0.2, 0.25) is 0 Å². The van der Waals surface area contributed by atoms with Crippen molar-refractivity contribution in [1.29, 1.82) is 0 Å². The molecule has 0 aliphatic heterocycles. The number of hydrogen-bond acceptors (Lipinski definition) is 2. The van der Waals surface area contributed by atoms with Crippen LogP contribution in [0.5, 0.6) is 5.75 Å². The van der Waals surface area contributed by atoms with E-state index in [1.165, 1.54) is 0 Å². The van der Waals surface area contributed by atoms with E-state index in [4.69, 9.17) is 27.9 Å². The van der Waals surface area contributed by atoms with Crippen LogP contribution in [0.3, 0.4) is 0 Å². The van der Waals surface area contributed by atoms with Gasteiger partial charge in [-0.1, -0.05) is 39.1 Å². The van der Waals surface area contributed by atoms with Crippen molar-refractivity contribution < 1.29 is 9.53 Å². The van der Waals surface area contributed by atoms with Crippen LogP contribution in [-0.2, 0) is 4.79 Å². The molecule has 0 saturated heterocycles. The number of carbonyl (C=O) groups is 1. The van der Waals surface area contributed by atoms with E-state index >= 15 is 0 Å². The van der Waals surface area contributed by atoms with Gasteiger partial charge in [0.1, 0.15) is 5.75 Å². The van der Waals surface area contributed by atoms with Gasteiger partial charge in [-0.15, -0.1) is 0 Å². The minimum Gasteiger partial charge on any atom is -0.484 e. The Kier molecular flexibility index (Phi) is 5.29. The maximum absolute atomic E-state index is 11.8. The third-order valence-corrected chi connectivity index (χ3v) is 3.47. The summed E-state index contributed by atoms with van der Waals surface area (Å²) in [5.74, 6) is 0.322. The molecular weight excluding hydrogens is 365 g/mol. The van der Waals surface area contributed by atoms with Crippen molar-refractivity contribution in [1.82, 2.24) is 0 Å². The first-order valence-corrected chi connectivity index (χ1v) is 7.23. The van der Waals surface area contributed by atoms with Crippen LogP contribution in [0.4, 0.5) is 5.69 Å². The molecule has 0 spiro atoms. The summed E-state index contributed by atoms with van der Waals surface area (Å²) in [7, 11) is 0. The lowest BCUT2D eigenvalue weighted by Gasteiger charge is -2.09. The van der Waals surface area contributed by atoms with Crippen LogP contribution < -0.4 is 10.1 Å².